The number of ether oxygens (including phenoxy) is 1. The Morgan fingerprint density at radius 3 is 2.88 bits per heavy atom. The minimum Gasteiger partial charge on any atom is -0.487 e. The molecule has 2 unspecified atom stereocenters. The maximum atomic E-state index is 10.2. The molecule has 3 heteroatoms. The van der Waals surface area contributed by atoms with E-state index in [1.807, 2.05) is 18.2 Å². The first-order chi connectivity index (χ1) is 7.89. The second-order valence-electron chi connectivity index (χ2n) is 5.55. The van der Waals surface area contributed by atoms with Crippen molar-refractivity contribution in [1.29, 1.82) is 0 Å². The largest absolute Gasteiger partial charge is 0.487 e. The molecule has 0 saturated carbocycles. The number of aliphatic hydroxyl groups is 1. The van der Waals surface area contributed by atoms with Crippen molar-refractivity contribution in [2.24, 2.45) is 5.92 Å². The summed E-state index contributed by atoms with van der Waals surface area (Å²) in [7, 11) is 0. The first kappa shape index (κ1) is 12.9. The van der Waals surface area contributed by atoms with Crippen molar-refractivity contribution in [1.82, 2.24) is 0 Å². The zero-order valence-corrected chi connectivity index (χ0v) is 12.1. The van der Waals surface area contributed by atoms with Crippen molar-refractivity contribution in [2.75, 3.05) is 0 Å². The highest BCUT2D eigenvalue weighted by atomic mass is 79.9. The van der Waals surface area contributed by atoms with Crippen LogP contribution in [-0.2, 0) is 0 Å². The molecule has 1 aliphatic heterocycles. The van der Waals surface area contributed by atoms with Gasteiger partial charge in [0.25, 0.3) is 0 Å². The minimum absolute atomic E-state index is 0.256. The number of halogens is 1. The van der Waals surface area contributed by atoms with Crippen LogP contribution in [0.2, 0.25) is 0 Å². The van der Waals surface area contributed by atoms with Gasteiger partial charge in [-0.25, -0.2) is 0 Å². The lowest BCUT2D eigenvalue weighted by Gasteiger charge is -2.39. The SMILES string of the molecule is CC(C)CC1(C)CC(O)c2cc(Br)ccc2O1. The summed E-state index contributed by atoms with van der Waals surface area (Å²) < 4.78 is 7.05. The normalized spacial score (nSPS) is 27.8. The van der Waals surface area contributed by atoms with E-state index in [4.69, 9.17) is 4.74 Å². The molecular formula is C14H19BrO2. The molecule has 0 fully saturated rings. The van der Waals surface area contributed by atoms with Gasteiger partial charge in [0.2, 0.25) is 0 Å². The maximum Gasteiger partial charge on any atom is 0.126 e. The smallest absolute Gasteiger partial charge is 0.126 e. The molecule has 0 aliphatic carbocycles. The van der Waals surface area contributed by atoms with E-state index in [1.54, 1.807) is 0 Å². The summed E-state index contributed by atoms with van der Waals surface area (Å²) >= 11 is 3.42. The Hall–Kier alpha value is -0.540. The van der Waals surface area contributed by atoms with Crippen LogP contribution in [0, 0.1) is 5.92 Å². The third-order valence-corrected chi connectivity index (χ3v) is 3.65. The van der Waals surface area contributed by atoms with Crippen molar-refractivity contribution >= 4 is 15.9 Å². The molecule has 0 radical (unpaired) electrons. The van der Waals surface area contributed by atoms with Gasteiger partial charge in [-0.15, -0.1) is 0 Å². The predicted molar refractivity (Wildman–Crippen MR) is 72.2 cm³/mol. The van der Waals surface area contributed by atoms with Crippen molar-refractivity contribution in [3.05, 3.63) is 28.2 Å². The fourth-order valence-electron chi connectivity index (χ4n) is 2.69. The molecule has 1 aromatic rings. The van der Waals surface area contributed by atoms with Crippen molar-refractivity contribution in [2.45, 2.75) is 45.3 Å². The fraction of sp³-hybridized carbons (Fsp3) is 0.571. The van der Waals surface area contributed by atoms with Gasteiger partial charge in [0.15, 0.2) is 0 Å². The van der Waals surface area contributed by atoms with Gasteiger partial charge in [0, 0.05) is 16.5 Å². The second-order valence-corrected chi connectivity index (χ2v) is 6.47. The van der Waals surface area contributed by atoms with E-state index < -0.39 is 6.10 Å². The number of aliphatic hydroxyl groups excluding tert-OH is 1. The van der Waals surface area contributed by atoms with E-state index in [2.05, 4.69) is 36.7 Å². The number of benzene rings is 1. The molecular weight excluding hydrogens is 280 g/mol. The third kappa shape index (κ3) is 2.83. The Bertz CT molecular complexity index is 417. The van der Waals surface area contributed by atoms with Crippen LogP contribution < -0.4 is 4.74 Å². The van der Waals surface area contributed by atoms with Crippen molar-refractivity contribution in [3.63, 3.8) is 0 Å². The van der Waals surface area contributed by atoms with Gasteiger partial charge in [0.05, 0.1) is 6.10 Å². The Morgan fingerprint density at radius 2 is 2.24 bits per heavy atom. The molecule has 0 bridgehead atoms. The van der Waals surface area contributed by atoms with E-state index in [-0.39, 0.29) is 5.60 Å². The molecule has 1 aliphatic rings. The van der Waals surface area contributed by atoms with Crippen LogP contribution in [0.4, 0.5) is 0 Å². The topological polar surface area (TPSA) is 29.5 Å². The summed E-state index contributed by atoms with van der Waals surface area (Å²) in [6, 6.07) is 5.82. The molecule has 1 N–H and O–H groups in total. The summed E-state index contributed by atoms with van der Waals surface area (Å²) in [5.74, 6) is 1.37. The van der Waals surface area contributed by atoms with Gasteiger partial charge >= 0.3 is 0 Å². The predicted octanol–water partition coefficient (Wildman–Crippen LogP) is 4.07. The number of hydrogen-bond donors (Lipinski definition) is 1. The number of hydrogen-bond acceptors (Lipinski definition) is 2. The number of rotatable bonds is 2. The average Bonchev–Trinajstić information content (AvgIpc) is 2.17. The highest BCUT2D eigenvalue weighted by Gasteiger charge is 2.36. The molecule has 0 aromatic heterocycles. The summed E-state index contributed by atoms with van der Waals surface area (Å²) in [6.07, 6.45) is 1.19. The second kappa shape index (κ2) is 4.62. The molecule has 1 heterocycles. The molecule has 2 rings (SSSR count). The Kier molecular flexibility index (Phi) is 3.50. The maximum absolute atomic E-state index is 10.2. The lowest BCUT2D eigenvalue weighted by Crippen LogP contribution is -2.39. The Morgan fingerprint density at radius 1 is 1.53 bits per heavy atom. The standard InChI is InChI=1S/C14H19BrO2/c1-9(2)7-14(3)8-12(16)11-6-10(15)4-5-13(11)17-14/h4-6,9,12,16H,7-8H2,1-3H3. The van der Waals surface area contributed by atoms with Crippen LogP contribution in [-0.4, -0.2) is 10.7 Å². The zero-order chi connectivity index (χ0) is 12.6. The molecule has 0 amide bonds. The molecule has 0 spiro atoms. The summed E-state index contributed by atoms with van der Waals surface area (Å²) in [5.41, 5.74) is 0.634. The third-order valence-electron chi connectivity index (χ3n) is 3.15. The number of fused-ring (bicyclic) bond motifs is 1. The monoisotopic (exact) mass is 298 g/mol. The quantitative estimate of drug-likeness (QED) is 0.892. The summed E-state index contributed by atoms with van der Waals surface area (Å²) in [6.45, 7) is 6.44. The fourth-order valence-corrected chi connectivity index (χ4v) is 3.07. The Labute approximate surface area is 111 Å². The van der Waals surface area contributed by atoms with Crippen LogP contribution >= 0.6 is 15.9 Å². The molecule has 1 aromatic carbocycles. The summed E-state index contributed by atoms with van der Waals surface area (Å²) in [5, 5.41) is 10.2. The lowest BCUT2D eigenvalue weighted by atomic mass is 9.84. The van der Waals surface area contributed by atoms with Gasteiger partial charge in [-0.2, -0.15) is 0 Å². The molecule has 0 saturated heterocycles. The van der Waals surface area contributed by atoms with Gasteiger partial charge in [-0.3, -0.25) is 0 Å². The van der Waals surface area contributed by atoms with Crippen molar-refractivity contribution < 1.29 is 9.84 Å². The molecule has 2 nitrogen and oxygen atoms in total. The van der Waals surface area contributed by atoms with E-state index >= 15 is 0 Å². The van der Waals surface area contributed by atoms with Crippen LogP contribution in [0.1, 0.15) is 45.3 Å². The van der Waals surface area contributed by atoms with Crippen LogP contribution in [0.15, 0.2) is 22.7 Å². The zero-order valence-electron chi connectivity index (χ0n) is 10.5. The first-order valence-electron chi connectivity index (χ1n) is 6.06. The van der Waals surface area contributed by atoms with Crippen LogP contribution in [0.3, 0.4) is 0 Å². The van der Waals surface area contributed by atoms with Gasteiger partial charge in [-0.05, 0) is 37.5 Å². The molecule has 94 valence electrons. The van der Waals surface area contributed by atoms with Crippen LogP contribution in [0.5, 0.6) is 5.75 Å². The minimum atomic E-state index is -0.431. The van der Waals surface area contributed by atoms with Gasteiger partial charge < -0.3 is 9.84 Å². The highest BCUT2D eigenvalue weighted by molar-refractivity contribution is 9.10. The van der Waals surface area contributed by atoms with Crippen LogP contribution in [0.25, 0.3) is 0 Å². The summed E-state index contributed by atoms with van der Waals surface area (Å²) in [4.78, 5) is 0. The van der Waals surface area contributed by atoms with E-state index in [0.29, 0.717) is 12.3 Å². The average molecular weight is 299 g/mol. The molecule has 17 heavy (non-hydrogen) atoms. The van der Waals surface area contributed by atoms with Gasteiger partial charge in [-0.1, -0.05) is 29.8 Å². The van der Waals surface area contributed by atoms with Gasteiger partial charge in [0.1, 0.15) is 11.4 Å². The van der Waals surface area contributed by atoms with Crippen molar-refractivity contribution in [3.8, 4) is 5.75 Å². The lowest BCUT2D eigenvalue weighted by molar-refractivity contribution is -0.0144. The highest BCUT2D eigenvalue weighted by Crippen LogP contribution is 2.42. The van der Waals surface area contributed by atoms with E-state index in [1.165, 1.54) is 0 Å². The van der Waals surface area contributed by atoms with E-state index in [0.717, 1.165) is 22.2 Å². The Balaban J connectivity index is 2.30. The molecule has 2 atom stereocenters. The first-order valence-corrected chi connectivity index (χ1v) is 6.85. The van der Waals surface area contributed by atoms with E-state index in [9.17, 15) is 5.11 Å².